The van der Waals surface area contributed by atoms with Gasteiger partial charge in [-0.1, -0.05) is 133 Å². The van der Waals surface area contributed by atoms with Gasteiger partial charge in [-0.05, 0) is 193 Å². The molecule has 0 amide bonds. The number of benzene rings is 9. The van der Waals surface area contributed by atoms with Crippen LogP contribution in [0.1, 0.15) is 23.1 Å². The normalized spacial score (nSPS) is 13.0. The van der Waals surface area contributed by atoms with E-state index in [4.69, 9.17) is 0 Å². The summed E-state index contributed by atoms with van der Waals surface area (Å²) in [4.78, 5) is 7.13. The highest BCUT2D eigenvalue weighted by Crippen LogP contribution is 2.41. The fraction of sp³-hybridized carbons (Fsp3) is 0.0794. The first-order valence-corrected chi connectivity index (χ1v) is 22.9. The third kappa shape index (κ3) is 9.11. The topological polar surface area (TPSA) is 9.72 Å². The molecular formula is C63H53N3. The van der Waals surface area contributed by atoms with Gasteiger partial charge >= 0.3 is 0 Å². The van der Waals surface area contributed by atoms with Crippen LogP contribution in [0.25, 0.3) is 33.4 Å². The van der Waals surface area contributed by atoms with Gasteiger partial charge in [0, 0.05) is 45.5 Å². The summed E-state index contributed by atoms with van der Waals surface area (Å²) in [7, 11) is 0. The number of aryl methyl sites for hydroxylation is 3. The van der Waals surface area contributed by atoms with E-state index >= 15 is 0 Å². The van der Waals surface area contributed by atoms with Crippen molar-refractivity contribution in [3.63, 3.8) is 0 Å². The second-order valence-corrected chi connectivity index (χ2v) is 17.3. The van der Waals surface area contributed by atoms with E-state index in [2.05, 4.69) is 284 Å². The molecule has 1 aliphatic carbocycles. The van der Waals surface area contributed by atoms with Gasteiger partial charge in [-0.3, -0.25) is 0 Å². The average molecular weight is 852 g/mol. The minimum absolute atomic E-state index is 0.232. The van der Waals surface area contributed by atoms with Crippen LogP contribution in [-0.2, 0) is 0 Å². The summed E-state index contributed by atoms with van der Waals surface area (Å²) in [5.41, 5.74) is 19.8. The smallest absolute Gasteiger partial charge is 0.0559 e. The first-order chi connectivity index (χ1) is 32.4. The molecule has 0 heterocycles. The molecule has 3 heteroatoms. The first-order valence-electron chi connectivity index (χ1n) is 22.9. The molecule has 9 aromatic rings. The summed E-state index contributed by atoms with van der Waals surface area (Å²) in [6.45, 7) is 6.47. The zero-order valence-corrected chi connectivity index (χ0v) is 37.8. The molecule has 0 fully saturated rings. The molecule has 1 unspecified atom stereocenters. The second kappa shape index (κ2) is 18.9. The van der Waals surface area contributed by atoms with Gasteiger partial charge in [0.25, 0.3) is 0 Å². The molecule has 10 rings (SSSR count). The Balaban J connectivity index is 1.05. The molecule has 0 bridgehead atoms. The summed E-state index contributed by atoms with van der Waals surface area (Å²) in [5.74, 6) is 0. The molecule has 9 aromatic carbocycles. The van der Waals surface area contributed by atoms with E-state index in [1.807, 2.05) is 0 Å². The number of hydrogen-bond donors (Lipinski definition) is 0. The summed E-state index contributed by atoms with van der Waals surface area (Å²) in [6.07, 6.45) is 9.84. The maximum atomic E-state index is 2.46. The van der Waals surface area contributed by atoms with Crippen LogP contribution in [0, 0.1) is 20.8 Å². The highest BCUT2D eigenvalue weighted by atomic mass is 15.2. The highest BCUT2D eigenvalue weighted by Gasteiger charge is 2.20. The molecule has 66 heavy (non-hydrogen) atoms. The zero-order chi connectivity index (χ0) is 44.8. The van der Waals surface area contributed by atoms with Crippen molar-refractivity contribution in [2.75, 3.05) is 14.7 Å². The van der Waals surface area contributed by atoms with E-state index in [9.17, 15) is 0 Å². The Bertz CT molecular complexity index is 2980. The lowest BCUT2D eigenvalue weighted by Crippen LogP contribution is -2.29. The summed E-state index contributed by atoms with van der Waals surface area (Å²) in [5, 5.41) is 0. The van der Waals surface area contributed by atoms with Crippen molar-refractivity contribution in [1.29, 1.82) is 0 Å². The Labute approximate surface area is 390 Å². The third-order valence-electron chi connectivity index (χ3n) is 12.4. The molecule has 0 radical (unpaired) electrons. The lowest BCUT2D eigenvalue weighted by molar-refractivity contribution is 0.785. The Morgan fingerprint density at radius 1 is 0.303 bits per heavy atom. The van der Waals surface area contributed by atoms with Crippen LogP contribution in [0.3, 0.4) is 0 Å². The van der Waals surface area contributed by atoms with Crippen molar-refractivity contribution in [2.45, 2.75) is 33.2 Å². The number of para-hydroxylation sites is 2. The Kier molecular flexibility index (Phi) is 12.0. The maximum absolute atomic E-state index is 2.46. The lowest BCUT2D eigenvalue weighted by atomic mass is 9.93. The molecule has 0 saturated carbocycles. The molecule has 1 atom stereocenters. The van der Waals surface area contributed by atoms with E-state index in [0.29, 0.717) is 0 Å². The molecule has 0 aromatic heterocycles. The van der Waals surface area contributed by atoms with Crippen LogP contribution in [0.2, 0.25) is 0 Å². The number of nitrogens with zero attached hydrogens (tertiary/aromatic N) is 3. The van der Waals surface area contributed by atoms with Crippen LogP contribution in [-0.4, -0.2) is 6.04 Å². The minimum Gasteiger partial charge on any atom is -0.334 e. The Hall–Kier alpha value is -8.14. The van der Waals surface area contributed by atoms with Crippen molar-refractivity contribution in [1.82, 2.24) is 0 Å². The Morgan fingerprint density at radius 2 is 0.667 bits per heavy atom. The van der Waals surface area contributed by atoms with E-state index in [-0.39, 0.29) is 6.04 Å². The Morgan fingerprint density at radius 3 is 1.06 bits per heavy atom. The summed E-state index contributed by atoms with van der Waals surface area (Å²) < 4.78 is 0. The van der Waals surface area contributed by atoms with Crippen molar-refractivity contribution in [2.24, 2.45) is 0 Å². The van der Waals surface area contributed by atoms with Crippen LogP contribution in [0.15, 0.2) is 249 Å². The van der Waals surface area contributed by atoms with Crippen molar-refractivity contribution in [3.05, 3.63) is 265 Å². The van der Waals surface area contributed by atoms with Crippen LogP contribution in [0.4, 0.5) is 45.5 Å². The summed E-state index contributed by atoms with van der Waals surface area (Å²) in [6, 6.07) is 82.0. The largest absolute Gasteiger partial charge is 0.334 e. The molecule has 0 spiro atoms. The van der Waals surface area contributed by atoms with Gasteiger partial charge in [-0.15, -0.1) is 0 Å². The molecule has 3 nitrogen and oxygen atoms in total. The van der Waals surface area contributed by atoms with Gasteiger partial charge in [0.1, 0.15) is 0 Å². The van der Waals surface area contributed by atoms with E-state index < -0.39 is 0 Å². The molecular weight excluding hydrogens is 799 g/mol. The summed E-state index contributed by atoms with van der Waals surface area (Å²) >= 11 is 0. The standard InChI is InChI=1S/C63H53N3/c1-46-16-13-25-61(40-46)64(55-19-7-4-8-20-55)58-34-28-49(29-35-58)52-43-53(50-30-36-59(37-31-50)65(56-21-9-5-10-22-56)62-26-14-17-47(2)41-62)45-54(44-52)51-32-38-60(39-33-51)66(57-23-11-6-12-24-57)63-27-15-18-48(3)42-63/h4-23,25-45,57H,24H2,1-3H3. The van der Waals surface area contributed by atoms with E-state index in [1.165, 1.54) is 39.2 Å². The first kappa shape index (κ1) is 41.8. The SMILES string of the molecule is Cc1cccc(N(c2ccccc2)c2ccc(-c3cc(-c4ccc(N(c5ccccc5)c5cccc(C)c5)cc4)cc(-c4ccc(N(c5cccc(C)c5)C5C=CC=CC5)cc4)c3)cc2)c1. The van der Waals surface area contributed by atoms with E-state index in [0.717, 1.165) is 62.8 Å². The minimum atomic E-state index is 0.232. The molecule has 320 valence electrons. The van der Waals surface area contributed by atoms with Gasteiger partial charge in [-0.25, -0.2) is 0 Å². The average Bonchev–Trinajstić information content (AvgIpc) is 3.36. The molecule has 0 aliphatic heterocycles. The van der Waals surface area contributed by atoms with Crippen molar-refractivity contribution >= 4 is 45.5 Å². The van der Waals surface area contributed by atoms with Gasteiger partial charge in [0.2, 0.25) is 0 Å². The van der Waals surface area contributed by atoms with Gasteiger partial charge < -0.3 is 14.7 Å². The predicted octanol–water partition coefficient (Wildman–Crippen LogP) is 17.6. The maximum Gasteiger partial charge on any atom is 0.0559 e. The monoisotopic (exact) mass is 851 g/mol. The zero-order valence-electron chi connectivity index (χ0n) is 37.8. The fourth-order valence-corrected chi connectivity index (χ4v) is 9.20. The number of hydrogen-bond acceptors (Lipinski definition) is 3. The number of rotatable bonds is 12. The number of allylic oxidation sites excluding steroid dienone is 2. The third-order valence-corrected chi connectivity index (χ3v) is 12.4. The van der Waals surface area contributed by atoms with Crippen molar-refractivity contribution in [3.8, 4) is 33.4 Å². The molecule has 0 N–H and O–H groups in total. The quantitative estimate of drug-likeness (QED) is 0.121. The predicted molar refractivity (Wildman–Crippen MR) is 282 cm³/mol. The van der Waals surface area contributed by atoms with Crippen LogP contribution < -0.4 is 14.7 Å². The van der Waals surface area contributed by atoms with Crippen LogP contribution in [0.5, 0.6) is 0 Å². The number of anilines is 8. The fourth-order valence-electron chi connectivity index (χ4n) is 9.20. The van der Waals surface area contributed by atoms with E-state index in [1.54, 1.807) is 0 Å². The molecule has 1 aliphatic rings. The van der Waals surface area contributed by atoms with Gasteiger partial charge in [0.05, 0.1) is 6.04 Å². The van der Waals surface area contributed by atoms with Gasteiger partial charge in [-0.2, -0.15) is 0 Å². The highest BCUT2D eigenvalue weighted by molar-refractivity contribution is 5.85. The second-order valence-electron chi connectivity index (χ2n) is 17.3. The van der Waals surface area contributed by atoms with Gasteiger partial charge in [0.15, 0.2) is 0 Å². The van der Waals surface area contributed by atoms with Crippen molar-refractivity contribution < 1.29 is 0 Å². The van der Waals surface area contributed by atoms with Crippen LogP contribution >= 0.6 is 0 Å². The molecule has 0 saturated heterocycles. The lowest BCUT2D eigenvalue weighted by Gasteiger charge is -2.33.